The fourth-order valence-electron chi connectivity index (χ4n) is 0. The Labute approximate surface area is 47.3 Å². The topological polar surface area (TPSA) is 80.3 Å². The molecule has 0 amide bonds. The van der Waals surface area contributed by atoms with Crippen LogP contribution in [0.3, 0.4) is 0 Å². The van der Waals surface area contributed by atoms with Gasteiger partial charge in [-0.2, -0.15) is 0 Å². The van der Waals surface area contributed by atoms with Crippen LogP contribution in [-0.2, 0) is 9.13 Å². The van der Waals surface area contributed by atoms with Gasteiger partial charge in [0.1, 0.15) is 0 Å². The molecule has 0 aliphatic rings. The molecule has 2 unspecified atom stereocenters. The first-order valence-electron chi connectivity index (χ1n) is 0.943. The molecule has 0 aliphatic carbocycles. The van der Waals surface area contributed by atoms with Crippen molar-refractivity contribution < 1.29 is 18.9 Å². The smallest absolute Gasteiger partial charge is 0.804 e. The molecule has 0 saturated heterocycles. The van der Waals surface area contributed by atoms with Gasteiger partial charge in [0.05, 0.1) is 0 Å². The Morgan fingerprint density at radius 2 is 1.00 bits per heavy atom. The second-order valence-electron chi connectivity index (χ2n) is 0.192. The van der Waals surface area contributed by atoms with Crippen molar-refractivity contribution in [1.29, 1.82) is 0 Å². The Hall–Kier alpha value is 0.549. The maximum atomic E-state index is 8.46. The summed E-state index contributed by atoms with van der Waals surface area (Å²) in [7, 11) is -3.50. The van der Waals surface area contributed by atoms with Crippen LogP contribution in [0.25, 0.3) is 0 Å². The summed E-state index contributed by atoms with van der Waals surface area (Å²) >= 11 is 0. The van der Waals surface area contributed by atoms with E-state index in [0.29, 0.717) is 0 Å². The van der Waals surface area contributed by atoms with Gasteiger partial charge in [0.2, 0.25) is 0 Å². The molecule has 0 aromatic heterocycles. The zero-order valence-electron chi connectivity index (χ0n) is 3.49. The minimum Gasteiger partial charge on any atom is -0.804 e. The fraction of sp³-hybridized carbons (Fsp3) is 0. The summed E-state index contributed by atoms with van der Waals surface area (Å²) in [5.41, 5.74) is 0. The molecule has 4 nitrogen and oxygen atoms in total. The molecule has 0 aliphatic heterocycles. The van der Waals surface area contributed by atoms with E-state index < -0.39 is 17.4 Å². The molecule has 0 rings (SSSR count). The SMILES string of the molecule is O=[PH2][O-].O=[PH2][O-].[Be+2]. The molecule has 40 valence electrons. The van der Waals surface area contributed by atoms with Gasteiger partial charge in [-0.15, -0.1) is 0 Å². The van der Waals surface area contributed by atoms with E-state index in [2.05, 4.69) is 0 Å². The second kappa shape index (κ2) is 31.0. The van der Waals surface area contributed by atoms with Gasteiger partial charge < -0.3 is 18.9 Å². The van der Waals surface area contributed by atoms with Crippen LogP contribution >= 0.6 is 17.4 Å². The van der Waals surface area contributed by atoms with E-state index in [-0.39, 0.29) is 10.1 Å². The Morgan fingerprint density at radius 1 is 1.00 bits per heavy atom. The van der Waals surface area contributed by atoms with Crippen molar-refractivity contribution in [3.63, 3.8) is 0 Å². The van der Waals surface area contributed by atoms with Crippen LogP contribution in [-0.4, -0.2) is 10.1 Å². The predicted octanol–water partition coefficient (Wildman–Crippen LogP) is -2.34. The van der Waals surface area contributed by atoms with Crippen LogP contribution in [0.5, 0.6) is 0 Å². The minimum atomic E-state index is -1.75. The summed E-state index contributed by atoms with van der Waals surface area (Å²) in [6, 6.07) is 0. The van der Waals surface area contributed by atoms with Gasteiger partial charge in [-0.05, 0) is 17.4 Å². The van der Waals surface area contributed by atoms with E-state index in [9.17, 15) is 0 Å². The first kappa shape index (κ1) is 15.6. The number of rotatable bonds is 0. The van der Waals surface area contributed by atoms with Crippen molar-refractivity contribution in [2.24, 2.45) is 0 Å². The van der Waals surface area contributed by atoms with Crippen LogP contribution in [0.1, 0.15) is 0 Å². The van der Waals surface area contributed by atoms with Crippen LogP contribution in [0.2, 0.25) is 0 Å². The molecule has 0 spiro atoms. The average Bonchev–Trinajstić information content (AvgIpc) is 1.39. The van der Waals surface area contributed by atoms with E-state index in [1.54, 1.807) is 0 Å². The largest absolute Gasteiger partial charge is 2.00 e. The standard InChI is InChI=1S/Be.2H3O2P/c;2*1-3-2/h;2*3H2,(H,1,2)/q+2;;/p-2. The van der Waals surface area contributed by atoms with Gasteiger partial charge in [0.15, 0.2) is 0 Å². The second-order valence-corrected chi connectivity index (χ2v) is 0.577. The quantitative estimate of drug-likeness (QED) is 0.278. The normalized spacial score (nSPS) is 8.29. The minimum absolute atomic E-state index is 0. The summed E-state index contributed by atoms with van der Waals surface area (Å²) in [4.78, 5) is 16.9. The summed E-state index contributed by atoms with van der Waals surface area (Å²) in [5, 5.41) is 0. The van der Waals surface area contributed by atoms with Gasteiger partial charge in [0, 0.05) is 0 Å². The third-order valence-electron chi connectivity index (χ3n) is 0. The molecule has 0 aromatic carbocycles. The molecule has 0 N–H and O–H groups in total. The Bertz CT molecular complexity index is 30.7. The number of hydrogen-bond acceptors (Lipinski definition) is 4. The molecule has 0 aromatic rings. The molecule has 0 fully saturated rings. The van der Waals surface area contributed by atoms with Gasteiger partial charge in [0.25, 0.3) is 0 Å². The Morgan fingerprint density at radius 3 is 1.00 bits per heavy atom. The monoisotopic (exact) mass is 139 g/mol. The summed E-state index contributed by atoms with van der Waals surface area (Å²) in [6.45, 7) is 0. The van der Waals surface area contributed by atoms with Gasteiger partial charge in [-0.1, -0.05) is 0 Å². The Balaban J connectivity index is -0.0000000400. The van der Waals surface area contributed by atoms with Crippen molar-refractivity contribution in [3.8, 4) is 0 Å². The van der Waals surface area contributed by atoms with Gasteiger partial charge in [-0.25, -0.2) is 0 Å². The van der Waals surface area contributed by atoms with Gasteiger partial charge >= 0.3 is 10.1 Å². The van der Waals surface area contributed by atoms with E-state index in [1.165, 1.54) is 0 Å². The summed E-state index contributed by atoms with van der Waals surface area (Å²) < 4.78 is 16.9. The van der Waals surface area contributed by atoms with E-state index in [4.69, 9.17) is 18.9 Å². The van der Waals surface area contributed by atoms with Crippen LogP contribution in [0.15, 0.2) is 0 Å². The molecule has 7 heavy (non-hydrogen) atoms. The summed E-state index contributed by atoms with van der Waals surface area (Å²) in [5.74, 6) is 0. The van der Waals surface area contributed by atoms with Crippen molar-refractivity contribution in [3.05, 3.63) is 0 Å². The van der Waals surface area contributed by atoms with Crippen molar-refractivity contribution >= 4 is 27.5 Å². The van der Waals surface area contributed by atoms with Crippen LogP contribution < -0.4 is 9.79 Å². The number of hydrogen-bond donors (Lipinski definition) is 0. The van der Waals surface area contributed by atoms with E-state index in [0.717, 1.165) is 0 Å². The maximum Gasteiger partial charge on any atom is 2.00 e. The maximum absolute atomic E-state index is 8.46. The van der Waals surface area contributed by atoms with E-state index in [1.807, 2.05) is 0 Å². The first-order valence-corrected chi connectivity index (χ1v) is 2.83. The van der Waals surface area contributed by atoms with Crippen LogP contribution in [0, 0.1) is 0 Å². The van der Waals surface area contributed by atoms with Crippen LogP contribution in [0.4, 0.5) is 0 Å². The molecule has 2 atom stereocenters. The van der Waals surface area contributed by atoms with Crippen molar-refractivity contribution in [2.75, 3.05) is 0 Å². The summed E-state index contributed by atoms with van der Waals surface area (Å²) in [6.07, 6.45) is 0. The molecule has 0 saturated carbocycles. The zero-order chi connectivity index (χ0) is 5.41. The van der Waals surface area contributed by atoms with Crippen molar-refractivity contribution in [1.82, 2.24) is 0 Å². The van der Waals surface area contributed by atoms with Gasteiger partial charge in [-0.3, -0.25) is 0 Å². The molecule has 0 radical (unpaired) electrons. The molecular weight excluding hydrogens is 135 g/mol. The third-order valence-corrected chi connectivity index (χ3v) is 0. The third kappa shape index (κ3) is 450. The first-order chi connectivity index (χ1) is 2.83. The fourth-order valence-corrected chi connectivity index (χ4v) is 0. The Kier molecular flexibility index (Phi) is 69.4. The zero-order valence-corrected chi connectivity index (χ0v) is 5.80. The average molecular weight is 139 g/mol. The molecular formula is H4BeO4P2. The molecule has 0 heterocycles. The predicted molar refractivity (Wildman–Crippen MR) is 26.5 cm³/mol. The molecule has 0 bridgehead atoms. The molecule has 7 heteroatoms. The van der Waals surface area contributed by atoms with E-state index >= 15 is 0 Å². The van der Waals surface area contributed by atoms with Crippen molar-refractivity contribution in [2.45, 2.75) is 0 Å².